The number of rotatable bonds is 6. The summed E-state index contributed by atoms with van der Waals surface area (Å²) < 4.78 is 4.77. The van der Waals surface area contributed by atoms with Crippen LogP contribution in [0.15, 0.2) is 0 Å². The molecule has 0 aliphatic carbocycles. The lowest BCUT2D eigenvalue weighted by Gasteiger charge is -2.19. The molecule has 0 heterocycles. The highest BCUT2D eigenvalue weighted by molar-refractivity contribution is 5.80. The van der Waals surface area contributed by atoms with Gasteiger partial charge < -0.3 is 9.64 Å². The summed E-state index contributed by atoms with van der Waals surface area (Å²) in [7, 11) is 0. The van der Waals surface area contributed by atoms with Crippen LogP contribution in [0.1, 0.15) is 33.6 Å². The van der Waals surface area contributed by atoms with Crippen LogP contribution in [0.3, 0.4) is 0 Å². The van der Waals surface area contributed by atoms with Crippen molar-refractivity contribution < 1.29 is 14.3 Å². The first-order valence-electron chi connectivity index (χ1n) is 5.02. The van der Waals surface area contributed by atoms with Crippen LogP contribution < -0.4 is 0 Å². The van der Waals surface area contributed by atoms with Crippen LogP contribution in [0.25, 0.3) is 0 Å². The summed E-state index contributed by atoms with van der Waals surface area (Å²) in [6.07, 6.45) is 1.92. The molecule has 0 aliphatic rings. The molecule has 0 spiro atoms. The topological polar surface area (TPSA) is 46.6 Å². The first-order chi connectivity index (χ1) is 6.61. The molecule has 0 atom stereocenters. The predicted octanol–water partition coefficient (Wildman–Crippen LogP) is 1.20. The number of unbranched alkanes of at least 4 members (excludes halogenated alkanes) is 1. The van der Waals surface area contributed by atoms with Gasteiger partial charge in [0.15, 0.2) is 0 Å². The summed E-state index contributed by atoms with van der Waals surface area (Å²) in [5.41, 5.74) is 0. The third kappa shape index (κ3) is 5.56. The molecule has 0 saturated heterocycles. The minimum absolute atomic E-state index is 0.0726. The standard InChI is InChI=1S/C10H19NO3/c1-4-6-7-11(9(3)12)8-10(13)14-5-2/h4-8H2,1-3H3. The normalized spacial score (nSPS) is 9.64. The van der Waals surface area contributed by atoms with Crippen LogP contribution >= 0.6 is 0 Å². The SMILES string of the molecule is CCCCN(CC(=O)OCC)C(C)=O. The Morgan fingerprint density at radius 1 is 1.29 bits per heavy atom. The molecular weight excluding hydrogens is 182 g/mol. The van der Waals surface area contributed by atoms with Gasteiger partial charge in [0, 0.05) is 13.5 Å². The summed E-state index contributed by atoms with van der Waals surface area (Å²) in [5.74, 6) is -0.412. The van der Waals surface area contributed by atoms with Crippen LogP contribution in [0, 0.1) is 0 Å². The highest BCUT2D eigenvalue weighted by Crippen LogP contribution is 1.96. The average Bonchev–Trinajstić information content (AvgIpc) is 2.12. The van der Waals surface area contributed by atoms with Gasteiger partial charge in [-0.05, 0) is 13.3 Å². The highest BCUT2D eigenvalue weighted by atomic mass is 16.5. The van der Waals surface area contributed by atoms with Crippen LogP contribution in [0.5, 0.6) is 0 Å². The number of carbonyl (C=O) groups is 2. The molecule has 0 N–H and O–H groups in total. The Bertz CT molecular complexity index is 192. The van der Waals surface area contributed by atoms with Crippen molar-refractivity contribution in [2.24, 2.45) is 0 Å². The number of hydrogen-bond donors (Lipinski definition) is 0. The molecule has 0 aromatic heterocycles. The largest absolute Gasteiger partial charge is 0.465 e. The van der Waals surface area contributed by atoms with E-state index in [9.17, 15) is 9.59 Å². The lowest BCUT2D eigenvalue weighted by atomic mass is 10.3. The third-order valence-corrected chi connectivity index (χ3v) is 1.85. The fourth-order valence-electron chi connectivity index (χ4n) is 1.06. The fourth-order valence-corrected chi connectivity index (χ4v) is 1.06. The highest BCUT2D eigenvalue weighted by Gasteiger charge is 2.13. The van der Waals surface area contributed by atoms with Gasteiger partial charge in [0.1, 0.15) is 6.54 Å². The zero-order chi connectivity index (χ0) is 11.0. The lowest BCUT2D eigenvalue weighted by Crippen LogP contribution is -2.35. The molecule has 0 rings (SSSR count). The Morgan fingerprint density at radius 3 is 2.36 bits per heavy atom. The predicted molar refractivity (Wildman–Crippen MR) is 53.8 cm³/mol. The number of hydrogen-bond acceptors (Lipinski definition) is 3. The molecule has 0 saturated carbocycles. The van der Waals surface area contributed by atoms with Gasteiger partial charge in [-0.1, -0.05) is 13.3 Å². The lowest BCUT2D eigenvalue weighted by molar-refractivity contribution is -0.148. The molecule has 0 bridgehead atoms. The van der Waals surface area contributed by atoms with Crippen molar-refractivity contribution in [3.63, 3.8) is 0 Å². The third-order valence-electron chi connectivity index (χ3n) is 1.85. The van der Waals surface area contributed by atoms with E-state index < -0.39 is 0 Å². The van der Waals surface area contributed by atoms with E-state index >= 15 is 0 Å². The van der Waals surface area contributed by atoms with Crippen LogP contribution in [0.2, 0.25) is 0 Å². The summed E-state index contributed by atoms with van der Waals surface area (Å²) in [6.45, 7) is 6.33. The second kappa shape index (κ2) is 7.35. The van der Waals surface area contributed by atoms with Gasteiger partial charge in [0.05, 0.1) is 6.61 Å². The van der Waals surface area contributed by atoms with E-state index in [1.165, 1.54) is 11.8 Å². The second-order valence-corrected chi connectivity index (χ2v) is 3.10. The molecular formula is C10H19NO3. The zero-order valence-corrected chi connectivity index (χ0v) is 9.21. The van der Waals surface area contributed by atoms with Gasteiger partial charge in [0.25, 0.3) is 0 Å². The Hall–Kier alpha value is -1.06. The van der Waals surface area contributed by atoms with Crippen molar-refractivity contribution in [2.75, 3.05) is 19.7 Å². The first kappa shape index (κ1) is 12.9. The number of amides is 1. The van der Waals surface area contributed by atoms with Crippen LogP contribution in [-0.2, 0) is 14.3 Å². The summed E-state index contributed by atoms with van der Waals surface area (Å²) in [4.78, 5) is 23.7. The van der Waals surface area contributed by atoms with E-state index in [-0.39, 0.29) is 18.4 Å². The summed E-state index contributed by atoms with van der Waals surface area (Å²) >= 11 is 0. The number of esters is 1. The van der Waals surface area contributed by atoms with Gasteiger partial charge in [-0.2, -0.15) is 0 Å². The average molecular weight is 201 g/mol. The number of nitrogens with zero attached hydrogens (tertiary/aromatic N) is 1. The van der Waals surface area contributed by atoms with Gasteiger partial charge >= 0.3 is 5.97 Å². The smallest absolute Gasteiger partial charge is 0.325 e. The fraction of sp³-hybridized carbons (Fsp3) is 0.800. The molecule has 4 heteroatoms. The molecule has 0 aliphatic heterocycles. The monoisotopic (exact) mass is 201 g/mol. The zero-order valence-electron chi connectivity index (χ0n) is 9.21. The van der Waals surface area contributed by atoms with Crippen molar-refractivity contribution in [1.82, 2.24) is 4.90 Å². The van der Waals surface area contributed by atoms with Crippen molar-refractivity contribution in [1.29, 1.82) is 0 Å². The van der Waals surface area contributed by atoms with E-state index in [2.05, 4.69) is 0 Å². The Balaban J connectivity index is 3.95. The number of carbonyl (C=O) groups excluding carboxylic acids is 2. The van der Waals surface area contributed by atoms with Crippen molar-refractivity contribution in [2.45, 2.75) is 33.6 Å². The molecule has 4 nitrogen and oxygen atoms in total. The first-order valence-corrected chi connectivity index (χ1v) is 5.02. The molecule has 14 heavy (non-hydrogen) atoms. The van der Waals surface area contributed by atoms with Crippen molar-refractivity contribution in [3.8, 4) is 0 Å². The van der Waals surface area contributed by atoms with Gasteiger partial charge in [-0.25, -0.2) is 0 Å². The minimum Gasteiger partial charge on any atom is -0.465 e. The molecule has 82 valence electrons. The molecule has 0 aromatic carbocycles. The maximum atomic E-state index is 11.1. The number of ether oxygens (including phenoxy) is 1. The molecule has 0 fully saturated rings. The molecule has 0 aromatic rings. The molecule has 0 unspecified atom stereocenters. The van der Waals surface area contributed by atoms with Crippen LogP contribution in [-0.4, -0.2) is 36.5 Å². The van der Waals surface area contributed by atoms with E-state index in [4.69, 9.17) is 4.74 Å². The Labute approximate surface area is 85.2 Å². The summed E-state index contributed by atoms with van der Waals surface area (Å²) in [5, 5.41) is 0. The van der Waals surface area contributed by atoms with Gasteiger partial charge in [-0.15, -0.1) is 0 Å². The maximum Gasteiger partial charge on any atom is 0.325 e. The Kier molecular flexibility index (Phi) is 6.80. The molecule has 0 radical (unpaired) electrons. The van der Waals surface area contributed by atoms with Crippen molar-refractivity contribution >= 4 is 11.9 Å². The van der Waals surface area contributed by atoms with Crippen LogP contribution in [0.4, 0.5) is 0 Å². The molecule has 1 amide bonds. The quantitative estimate of drug-likeness (QED) is 0.607. The van der Waals surface area contributed by atoms with E-state index in [1.807, 2.05) is 6.92 Å². The van der Waals surface area contributed by atoms with Crippen molar-refractivity contribution in [3.05, 3.63) is 0 Å². The summed E-state index contributed by atoms with van der Waals surface area (Å²) in [6, 6.07) is 0. The van der Waals surface area contributed by atoms with E-state index in [0.717, 1.165) is 12.8 Å². The van der Waals surface area contributed by atoms with E-state index in [0.29, 0.717) is 13.2 Å². The Morgan fingerprint density at radius 2 is 1.93 bits per heavy atom. The minimum atomic E-state index is -0.334. The van der Waals surface area contributed by atoms with Gasteiger partial charge in [-0.3, -0.25) is 9.59 Å². The maximum absolute atomic E-state index is 11.1. The van der Waals surface area contributed by atoms with Gasteiger partial charge in [0.2, 0.25) is 5.91 Å². The van der Waals surface area contributed by atoms with E-state index in [1.54, 1.807) is 6.92 Å². The second-order valence-electron chi connectivity index (χ2n) is 3.10.